The van der Waals surface area contributed by atoms with Gasteiger partial charge in [-0.3, -0.25) is 4.98 Å². The maximum Gasteiger partial charge on any atom is 0.123 e. The van der Waals surface area contributed by atoms with Gasteiger partial charge in [0.05, 0.1) is 0 Å². The number of hydrogen-bond acceptors (Lipinski definition) is 1. The Hall–Kier alpha value is -0.970. The van der Waals surface area contributed by atoms with Crippen molar-refractivity contribution in [2.24, 2.45) is 0 Å². The van der Waals surface area contributed by atoms with E-state index in [0.717, 1.165) is 14.7 Å². The minimum absolute atomic E-state index is 0.221. The third kappa shape index (κ3) is 2.09. The summed E-state index contributed by atoms with van der Waals surface area (Å²) < 4.78 is 14.0. The molecule has 0 aliphatic heterocycles. The Kier molecular flexibility index (Phi) is 2.77. The lowest BCUT2D eigenvalue weighted by Crippen LogP contribution is -1.83. The van der Waals surface area contributed by atoms with E-state index in [2.05, 4.69) is 27.6 Å². The molecule has 0 radical (unpaired) electrons. The average Bonchev–Trinajstić information content (AvgIpc) is 2.18. The van der Waals surface area contributed by atoms with Crippen LogP contribution in [0, 0.1) is 9.39 Å². The van der Waals surface area contributed by atoms with Crippen molar-refractivity contribution in [3.63, 3.8) is 0 Å². The fourth-order valence-corrected chi connectivity index (χ4v) is 1.73. The van der Waals surface area contributed by atoms with Crippen molar-refractivity contribution < 1.29 is 4.39 Å². The molecule has 0 bridgehead atoms. The van der Waals surface area contributed by atoms with Crippen LogP contribution in [0.2, 0.25) is 0 Å². The number of halogens is 2. The van der Waals surface area contributed by atoms with Crippen LogP contribution in [0.4, 0.5) is 4.39 Å². The van der Waals surface area contributed by atoms with Gasteiger partial charge in [0.15, 0.2) is 0 Å². The molecule has 3 heteroatoms. The Bertz CT molecular complexity index is 413. The van der Waals surface area contributed by atoms with Crippen LogP contribution in [0.1, 0.15) is 0 Å². The lowest BCUT2D eigenvalue weighted by Gasteiger charge is -2.01. The minimum Gasteiger partial charge on any atom is -0.263 e. The van der Waals surface area contributed by atoms with E-state index in [0.29, 0.717) is 0 Å². The van der Waals surface area contributed by atoms with Gasteiger partial charge in [0.25, 0.3) is 0 Å². The quantitative estimate of drug-likeness (QED) is 0.735. The molecule has 0 aliphatic rings. The molecule has 70 valence electrons. The monoisotopic (exact) mass is 299 g/mol. The molecule has 0 N–H and O–H groups in total. The van der Waals surface area contributed by atoms with E-state index in [1.54, 1.807) is 18.5 Å². The predicted molar refractivity (Wildman–Crippen MR) is 62.3 cm³/mol. The SMILES string of the molecule is Fc1cccc(-c2cncc(I)c2)c1. The van der Waals surface area contributed by atoms with Crippen molar-refractivity contribution >= 4 is 22.6 Å². The highest BCUT2D eigenvalue weighted by molar-refractivity contribution is 14.1. The van der Waals surface area contributed by atoms with Crippen molar-refractivity contribution in [2.75, 3.05) is 0 Å². The van der Waals surface area contributed by atoms with E-state index in [4.69, 9.17) is 0 Å². The number of benzene rings is 1. The third-order valence-corrected chi connectivity index (χ3v) is 2.45. The molecule has 1 heterocycles. The summed E-state index contributed by atoms with van der Waals surface area (Å²) in [4.78, 5) is 4.06. The molecule has 0 unspecified atom stereocenters. The van der Waals surface area contributed by atoms with Crippen LogP contribution in [0.3, 0.4) is 0 Å². The molecule has 0 fully saturated rings. The average molecular weight is 299 g/mol. The van der Waals surface area contributed by atoms with Crippen LogP contribution in [0.5, 0.6) is 0 Å². The van der Waals surface area contributed by atoms with Gasteiger partial charge in [-0.05, 0) is 46.4 Å². The van der Waals surface area contributed by atoms with Gasteiger partial charge < -0.3 is 0 Å². The maximum absolute atomic E-state index is 12.9. The Balaban J connectivity index is 2.49. The standard InChI is InChI=1S/C11H7FIN/c12-10-3-1-2-8(4-10)9-5-11(13)7-14-6-9/h1-7H. The number of pyridine rings is 1. The van der Waals surface area contributed by atoms with Gasteiger partial charge >= 0.3 is 0 Å². The Morgan fingerprint density at radius 3 is 2.64 bits per heavy atom. The molecule has 2 rings (SSSR count). The molecule has 0 atom stereocenters. The smallest absolute Gasteiger partial charge is 0.123 e. The zero-order valence-electron chi connectivity index (χ0n) is 7.24. The first-order valence-corrected chi connectivity index (χ1v) is 5.20. The fraction of sp³-hybridized carbons (Fsp3) is 0. The van der Waals surface area contributed by atoms with Gasteiger partial charge in [-0.2, -0.15) is 0 Å². The highest BCUT2D eigenvalue weighted by Gasteiger charge is 1.99. The summed E-state index contributed by atoms with van der Waals surface area (Å²) in [6.45, 7) is 0. The van der Waals surface area contributed by atoms with Crippen molar-refractivity contribution in [1.29, 1.82) is 0 Å². The molecule has 2 aromatic rings. The molecule has 1 nitrogen and oxygen atoms in total. The van der Waals surface area contributed by atoms with Crippen molar-refractivity contribution in [2.45, 2.75) is 0 Å². The van der Waals surface area contributed by atoms with Crippen molar-refractivity contribution in [3.8, 4) is 11.1 Å². The van der Waals surface area contributed by atoms with Crippen LogP contribution in [-0.4, -0.2) is 4.98 Å². The maximum atomic E-state index is 12.9. The molecule has 1 aromatic heterocycles. The summed E-state index contributed by atoms with van der Waals surface area (Å²) >= 11 is 2.18. The summed E-state index contributed by atoms with van der Waals surface area (Å²) in [5.41, 5.74) is 1.80. The normalized spacial score (nSPS) is 10.1. The lowest BCUT2D eigenvalue weighted by atomic mass is 10.1. The topological polar surface area (TPSA) is 12.9 Å². The van der Waals surface area contributed by atoms with Crippen LogP contribution < -0.4 is 0 Å². The molecule has 0 amide bonds. The highest BCUT2D eigenvalue weighted by Crippen LogP contribution is 2.20. The number of rotatable bonds is 1. The Morgan fingerprint density at radius 2 is 1.93 bits per heavy atom. The summed E-state index contributed by atoms with van der Waals surface area (Å²) in [6.07, 6.45) is 3.50. The Morgan fingerprint density at radius 1 is 1.07 bits per heavy atom. The van der Waals surface area contributed by atoms with Crippen LogP contribution in [-0.2, 0) is 0 Å². The van der Waals surface area contributed by atoms with Crippen LogP contribution >= 0.6 is 22.6 Å². The van der Waals surface area contributed by atoms with Gasteiger partial charge in [0, 0.05) is 21.5 Å². The first-order chi connectivity index (χ1) is 6.75. The van der Waals surface area contributed by atoms with Crippen molar-refractivity contribution in [1.82, 2.24) is 4.98 Å². The first-order valence-electron chi connectivity index (χ1n) is 4.12. The van der Waals surface area contributed by atoms with Gasteiger partial charge in [-0.25, -0.2) is 4.39 Å². The summed E-state index contributed by atoms with van der Waals surface area (Å²) in [7, 11) is 0. The lowest BCUT2D eigenvalue weighted by molar-refractivity contribution is 0.628. The molecule has 0 saturated carbocycles. The molecular formula is C11H7FIN. The minimum atomic E-state index is -0.221. The van der Waals surface area contributed by atoms with Gasteiger partial charge in [-0.15, -0.1) is 0 Å². The van der Waals surface area contributed by atoms with Crippen molar-refractivity contribution in [3.05, 3.63) is 52.1 Å². The first kappa shape index (κ1) is 9.58. The highest BCUT2D eigenvalue weighted by atomic mass is 127. The van der Waals surface area contributed by atoms with E-state index in [-0.39, 0.29) is 5.82 Å². The van der Waals surface area contributed by atoms with Crippen LogP contribution in [0.25, 0.3) is 11.1 Å². The number of aromatic nitrogens is 1. The summed E-state index contributed by atoms with van der Waals surface area (Å²) in [5.74, 6) is -0.221. The fourth-order valence-electron chi connectivity index (χ4n) is 1.24. The summed E-state index contributed by atoms with van der Waals surface area (Å²) in [6, 6.07) is 8.49. The second kappa shape index (κ2) is 4.04. The van der Waals surface area contributed by atoms with E-state index < -0.39 is 0 Å². The second-order valence-corrected chi connectivity index (χ2v) is 4.15. The van der Waals surface area contributed by atoms with Gasteiger partial charge in [-0.1, -0.05) is 12.1 Å². The van der Waals surface area contributed by atoms with Crippen LogP contribution in [0.15, 0.2) is 42.7 Å². The molecule has 0 spiro atoms. The molecule has 14 heavy (non-hydrogen) atoms. The molecule has 0 saturated heterocycles. The molecular weight excluding hydrogens is 292 g/mol. The largest absolute Gasteiger partial charge is 0.263 e. The van der Waals surface area contributed by atoms with E-state index in [9.17, 15) is 4.39 Å². The molecule has 0 aliphatic carbocycles. The second-order valence-electron chi connectivity index (χ2n) is 2.90. The third-order valence-electron chi connectivity index (χ3n) is 1.86. The molecule has 1 aromatic carbocycles. The van der Waals surface area contributed by atoms with Gasteiger partial charge in [0.2, 0.25) is 0 Å². The summed E-state index contributed by atoms with van der Waals surface area (Å²) in [5, 5.41) is 0. The zero-order valence-corrected chi connectivity index (χ0v) is 9.40. The van der Waals surface area contributed by atoms with E-state index in [1.165, 1.54) is 12.1 Å². The number of nitrogens with zero attached hydrogens (tertiary/aromatic N) is 1. The predicted octanol–water partition coefficient (Wildman–Crippen LogP) is 3.49. The van der Waals surface area contributed by atoms with E-state index >= 15 is 0 Å². The zero-order chi connectivity index (χ0) is 9.97. The number of hydrogen-bond donors (Lipinski definition) is 0. The van der Waals surface area contributed by atoms with Gasteiger partial charge in [0.1, 0.15) is 5.82 Å². The van der Waals surface area contributed by atoms with E-state index in [1.807, 2.05) is 12.1 Å². The Labute approximate surface area is 95.1 Å².